The Hall–Kier alpha value is -2.06. The van der Waals surface area contributed by atoms with E-state index in [-0.39, 0.29) is 17.4 Å². The molecule has 1 heterocycles. The molecule has 1 aliphatic heterocycles. The van der Waals surface area contributed by atoms with Gasteiger partial charge in [-0.25, -0.2) is 8.42 Å². The van der Waals surface area contributed by atoms with Gasteiger partial charge in [-0.3, -0.25) is 9.52 Å². The minimum absolute atomic E-state index is 0.0385. The number of amides is 1. The maximum Gasteiger partial charge on any atom is 0.261 e. The Bertz CT molecular complexity index is 877. The van der Waals surface area contributed by atoms with Crippen molar-refractivity contribution in [3.8, 4) is 5.75 Å². The van der Waals surface area contributed by atoms with Crippen LogP contribution >= 0.6 is 15.9 Å². The minimum Gasteiger partial charge on any atom is -0.484 e. The van der Waals surface area contributed by atoms with E-state index in [9.17, 15) is 13.2 Å². The zero-order valence-electron chi connectivity index (χ0n) is 14.7. The summed E-state index contributed by atoms with van der Waals surface area (Å²) in [6, 6.07) is 12.9. The van der Waals surface area contributed by atoms with Crippen molar-refractivity contribution < 1.29 is 17.9 Å². The Morgan fingerprint density at radius 1 is 1.00 bits per heavy atom. The average molecular weight is 453 g/mol. The number of carbonyl (C=O) groups is 1. The van der Waals surface area contributed by atoms with Crippen LogP contribution in [-0.4, -0.2) is 38.9 Å². The van der Waals surface area contributed by atoms with E-state index in [1.165, 1.54) is 12.1 Å². The van der Waals surface area contributed by atoms with Crippen LogP contribution in [0.2, 0.25) is 0 Å². The van der Waals surface area contributed by atoms with Gasteiger partial charge in [0.25, 0.3) is 15.9 Å². The fraction of sp³-hybridized carbons (Fsp3) is 0.316. The zero-order chi connectivity index (χ0) is 19.3. The number of likely N-dealkylation sites (tertiary alicyclic amines) is 1. The van der Waals surface area contributed by atoms with Gasteiger partial charge in [-0.2, -0.15) is 0 Å². The molecule has 1 aliphatic rings. The average Bonchev–Trinajstić information content (AvgIpc) is 2.69. The van der Waals surface area contributed by atoms with Gasteiger partial charge in [-0.1, -0.05) is 15.9 Å². The molecule has 0 unspecified atom stereocenters. The summed E-state index contributed by atoms with van der Waals surface area (Å²) >= 11 is 3.31. The molecule has 0 radical (unpaired) electrons. The summed E-state index contributed by atoms with van der Waals surface area (Å²) in [5, 5.41) is 0. The first-order valence-corrected chi connectivity index (χ1v) is 11.0. The third-order valence-electron chi connectivity index (χ3n) is 4.30. The number of nitrogens with zero attached hydrogens (tertiary/aromatic N) is 1. The largest absolute Gasteiger partial charge is 0.484 e. The third kappa shape index (κ3) is 5.46. The van der Waals surface area contributed by atoms with E-state index >= 15 is 0 Å². The molecule has 0 spiro atoms. The number of hydrogen-bond donors (Lipinski definition) is 1. The lowest BCUT2D eigenvalue weighted by Crippen LogP contribution is -2.38. The molecule has 1 amide bonds. The van der Waals surface area contributed by atoms with E-state index < -0.39 is 10.0 Å². The first-order valence-electron chi connectivity index (χ1n) is 8.73. The van der Waals surface area contributed by atoms with Crippen LogP contribution in [0.25, 0.3) is 0 Å². The van der Waals surface area contributed by atoms with Crippen molar-refractivity contribution >= 4 is 37.5 Å². The highest BCUT2D eigenvalue weighted by atomic mass is 79.9. The van der Waals surface area contributed by atoms with Crippen LogP contribution in [0.15, 0.2) is 57.9 Å². The molecule has 2 aromatic carbocycles. The molecule has 1 saturated heterocycles. The molecule has 0 saturated carbocycles. The predicted molar refractivity (Wildman–Crippen MR) is 107 cm³/mol. The zero-order valence-corrected chi connectivity index (χ0v) is 17.1. The number of sulfonamides is 1. The van der Waals surface area contributed by atoms with Crippen molar-refractivity contribution in [3.63, 3.8) is 0 Å². The summed E-state index contributed by atoms with van der Waals surface area (Å²) in [5.41, 5.74) is 0.477. The number of anilines is 1. The van der Waals surface area contributed by atoms with Crippen molar-refractivity contribution in [2.45, 2.75) is 24.2 Å². The maximum atomic E-state index is 12.4. The fourth-order valence-electron chi connectivity index (χ4n) is 2.83. The van der Waals surface area contributed by atoms with Crippen molar-refractivity contribution in [1.29, 1.82) is 0 Å². The Morgan fingerprint density at radius 2 is 1.63 bits per heavy atom. The molecule has 144 valence electrons. The van der Waals surface area contributed by atoms with Gasteiger partial charge < -0.3 is 9.64 Å². The first kappa shape index (κ1) is 19.7. The van der Waals surface area contributed by atoms with Gasteiger partial charge in [0.2, 0.25) is 0 Å². The van der Waals surface area contributed by atoms with Gasteiger partial charge in [0.1, 0.15) is 5.75 Å². The summed E-state index contributed by atoms with van der Waals surface area (Å²) < 4.78 is 33.8. The number of rotatable bonds is 6. The number of nitrogens with one attached hydrogen (secondary N) is 1. The van der Waals surface area contributed by atoms with Crippen LogP contribution in [0.4, 0.5) is 5.69 Å². The Morgan fingerprint density at radius 3 is 2.26 bits per heavy atom. The second-order valence-electron chi connectivity index (χ2n) is 6.31. The summed E-state index contributed by atoms with van der Waals surface area (Å²) in [6.07, 6.45) is 3.22. The molecule has 1 N–H and O–H groups in total. The molecule has 0 aliphatic carbocycles. The monoisotopic (exact) mass is 452 g/mol. The van der Waals surface area contributed by atoms with E-state index in [4.69, 9.17) is 4.74 Å². The van der Waals surface area contributed by atoms with Gasteiger partial charge in [0.05, 0.1) is 4.90 Å². The lowest BCUT2D eigenvalue weighted by molar-refractivity contribution is -0.134. The number of piperidine rings is 1. The summed E-state index contributed by atoms with van der Waals surface area (Å²) in [4.78, 5) is 14.1. The number of hydrogen-bond acceptors (Lipinski definition) is 4. The third-order valence-corrected chi connectivity index (χ3v) is 6.23. The lowest BCUT2D eigenvalue weighted by atomic mass is 10.1. The van der Waals surface area contributed by atoms with E-state index in [1.54, 1.807) is 36.4 Å². The highest BCUT2D eigenvalue weighted by Gasteiger charge is 2.17. The van der Waals surface area contributed by atoms with E-state index in [2.05, 4.69) is 20.7 Å². The molecular formula is C19H21BrN2O4S. The molecule has 1 fully saturated rings. The Labute approximate surface area is 167 Å². The Kier molecular flexibility index (Phi) is 6.38. The molecule has 3 rings (SSSR count). The predicted octanol–water partition coefficient (Wildman–Crippen LogP) is 3.64. The van der Waals surface area contributed by atoms with Gasteiger partial charge >= 0.3 is 0 Å². The topological polar surface area (TPSA) is 75.7 Å². The fourth-order valence-corrected chi connectivity index (χ4v) is 4.15. The molecule has 8 heteroatoms. The van der Waals surface area contributed by atoms with Crippen LogP contribution in [0.5, 0.6) is 5.75 Å². The van der Waals surface area contributed by atoms with Crippen molar-refractivity contribution in [2.24, 2.45) is 0 Å². The number of ether oxygens (including phenoxy) is 1. The Balaban J connectivity index is 1.58. The summed E-state index contributed by atoms with van der Waals surface area (Å²) in [6.45, 7) is 1.52. The van der Waals surface area contributed by atoms with E-state index in [1.807, 2.05) is 4.90 Å². The van der Waals surface area contributed by atoms with Crippen LogP contribution in [-0.2, 0) is 14.8 Å². The first-order chi connectivity index (χ1) is 12.9. The standard InChI is InChI=1S/C19H21BrN2O4S/c20-15-4-6-16(7-5-15)21-27(24,25)18-10-8-17(9-11-18)26-14-19(23)22-12-2-1-3-13-22/h4-11,21H,1-3,12-14H2. The number of carbonyl (C=O) groups excluding carboxylic acids is 1. The van der Waals surface area contributed by atoms with Gasteiger partial charge in [0.15, 0.2) is 6.61 Å². The van der Waals surface area contributed by atoms with Gasteiger partial charge in [-0.15, -0.1) is 0 Å². The second-order valence-corrected chi connectivity index (χ2v) is 8.91. The molecule has 0 bridgehead atoms. The van der Waals surface area contributed by atoms with Crippen LogP contribution in [0.1, 0.15) is 19.3 Å². The van der Waals surface area contributed by atoms with Crippen molar-refractivity contribution in [2.75, 3.05) is 24.4 Å². The smallest absolute Gasteiger partial charge is 0.261 e. The van der Waals surface area contributed by atoms with Crippen LogP contribution < -0.4 is 9.46 Å². The number of benzene rings is 2. The highest BCUT2D eigenvalue weighted by Crippen LogP contribution is 2.21. The quantitative estimate of drug-likeness (QED) is 0.725. The van der Waals surface area contributed by atoms with Crippen LogP contribution in [0, 0.1) is 0 Å². The molecule has 0 atom stereocenters. The highest BCUT2D eigenvalue weighted by molar-refractivity contribution is 9.10. The molecule has 27 heavy (non-hydrogen) atoms. The second kappa shape index (κ2) is 8.75. The van der Waals surface area contributed by atoms with Crippen LogP contribution in [0.3, 0.4) is 0 Å². The normalized spacial score (nSPS) is 14.6. The molecule has 0 aromatic heterocycles. The molecular weight excluding hydrogens is 432 g/mol. The molecule has 6 nitrogen and oxygen atoms in total. The van der Waals surface area contributed by atoms with E-state index in [0.29, 0.717) is 11.4 Å². The summed E-state index contributed by atoms with van der Waals surface area (Å²) in [7, 11) is -3.69. The van der Waals surface area contributed by atoms with Crippen molar-refractivity contribution in [1.82, 2.24) is 4.90 Å². The van der Waals surface area contributed by atoms with Gasteiger partial charge in [0, 0.05) is 23.2 Å². The maximum absolute atomic E-state index is 12.4. The van der Waals surface area contributed by atoms with Gasteiger partial charge in [-0.05, 0) is 67.8 Å². The molecule has 2 aromatic rings. The SMILES string of the molecule is O=C(COc1ccc(S(=O)(=O)Nc2ccc(Br)cc2)cc1)N1CCCCC1. The lowest BCUT2D eigenvalue weighted by Gasteiger charge is -2.26. The van der Waals surface area contributed by atoms with E-state index in [0.717, 1.165) is 36.8 Å². The summed E-state index contributed by atoms with van der Waals surface area (Å²) in [5.74, 6) is 0.422. The number of halogens is 1. The minimum atomic E-state index is -3.69. The van der Waals surface area contributed by atoms with Crippen molar-refractivity contribution in [3.05, 3.63) is 53.0 Å².